The number of benzene rings is 2. The van der Waals surface area contributed by atoms with Crippen molar-refractivity contribution in [2.75, 3.05) is 14.1 Å². The van der Waals surface area contributed by atoms with Crippen molar-refractivity contribution in [1.82, 2.24) is 4.90 Å². The van der Waals surface area contributed by atoms with Crippen molar-refractivity contribution in [2.24, 2.45) is 0 Å². The fourth-order valence-electron chi connectivity index (χ4n) is 3.16. The first-order valence-corrected chi connectivity index (χ1v) is 9.16. The molecule has 0 bridgehead atoms. The van der Waals surface area contributed by atoms with Crippen LogP contribution in [0.3, 0.4) is 0 Å². The number of nitrogens with zero attached hydrogens (tertiary/aromatic N) is 1. The third-order valence-electron chi connectivity index (χ3n) is 4.65. The molecular weight excluding hydrogens is 370 g/mol. The zero-order valence-electron chi connectivity index (χ0n) is 16.8. The molecule has 2 aromatic carbocycles. The molecule has 29 heavy (non-hydrogen) atoms. The van der Waals surface area contributed by atoms with Gasteiger partial charge >= 0.3 is 11.8 Å². The van der Waals surface area contributed by atoms with Gasteiger partial charge < -0.3 is 19.5 Å². The summed E-state index contributed by atoms with van der Waals surface area (Å²) in [5.74, 6) is -2.53. The highest BCUT2D eigenvalue weighted by atomic mass is 16.7. The van der Waals surface area contributed by atoms with Crippen LogP contribution in [0, 0.1) is 0 Å². The molecule has 6 nitrogen and oxygen atoms in total. The van der Waals surface area contributed by atoms with Gasteiger partial charge in [0.1, 0.15) is 5.56 Å². The molecule has 0 aromatic heterocycles. The van der Waals surface area contributed by atoms with E-state index in [1.54, 1.807) is 14.1 Å². The molecule has 1 atom stereocenters. The maximum atomic E-state index is 12.4. The summed E-state index contributed by atoms with van der Waals surface area (Å²) in [7, 11) is 3.21. The van der Waals surface area contributed by atoms with E-state index in [2.05, 4.69) is 0 Å². The maximum absolute atomic E-state index is 12.4. The number of rotatable bonds is 5. The summed E-state index contributed by atoms with van der Waals surface area (Å²) in [4.78, 5) is 25.7. The van der Waals surface area contributed by atoms with E-state index in [1.807, 2.05) is 62.4 Å². The van der Waals surface area contributed by atoms with Gasteiger partial charge in [0.05, 0.1) is 0 Å². The average molecular weight is 393 g/mol. The minimum absolute atomic E-state index is 0.102. The lowest BCUT2D eigenvalue weighted by atomic mass is 9.98. The number of hydrogen-bond donors (Lipinski definition) is 1. The Labute approximate surface area is 169 Å². The van der Waals surface area contributed by atoms with Crippen LogP contribution < -0.4 is 9.47 Å². The topological polar surface area (TPSA) is 76.1 Å². The van der Waals surface area contributed by atoms with Crippen molar-refractivity contribution < 1.29 is 24.2 Å². The lowest BCUT2D eigenvalue weighted by molar-refractivity contribution is -0.0501. The van der Waals surface area contributed by atoms with E-state index in [4.69, 9.17) is 9.47 Å². The molecule has 0 aliphatic carbocycles. The van der Waals surface area contributed by atoms with Crippen LogP contribution in [0.2, 0.25) is 0 Å². The lowest BCUT2D eigenvalue weighted by Gasteiger charge is -2.29. The number of amides is 1. The highest BCUT2D eigenvalue weighted by molar-refractivity contribution is 6.00. The van der Waals surface area contributed by atoms with E-state index in [9.17, 15) is 14.7 Å². The van der Waals surface area contributed by atoms with Crippen molar-refractivity contribution in [2.45, 2.75) is 19.6 Å². The standard InChI is InChI=1S/C23H23NO5/c1-5-6-10-15(2)23(17-11-8-7-9-12-17)28-19-14-16(21(25)24(3)4)13-18(22(26)27)20(19)29-23/h5-14H,1-4H3,(H,26,27)/b6-5-,15-10+. The molecule has 1 aliphatic heterocycles. The summed E-state index contributed by atoms with van der Waals surface area (Å²) in [5, 5.41) is 9.73. The Morgan fingerprint density at radius 3 is 2.38 bits per heavy atom. The first-order chi connectivity index (χ1) is 13.8. The van der Waals surface area contributed by atoms with Crippen LogP contribution in [-0.2, 0) is 5.79 Å². The second-order valence-electron chi connectivity index (χ2n) is 6.92. The van der Waals surface area contributed by atoms with E-state index in [0.29, 0.717) is 5.56 Å². The van der Waals surface area contributed by atoms with Gasteiger partial charge in [-0.15, -0.1) is 0 Å². The fourth-order valence-corrected chi connectivity index (χ4v) is 3.16. The van der Waals surface area contributed by atoms with Crippen LogP contribution in [0.4, 0.5) is 0 Å². The van der Waals surface area contributed by atoms with Crippen LogP contribution >= 0.6 is 0 Å². The Bertz CT molecular complexity index is 1010. The Morgan fingerprint density at radius 1 is 1.10 bits per heavy atom. The molecular formula is C23H23NO5. The molecule has 0 fully saturated rings. The Kier molecular flexibility index (Phi) is 5.46. The van der Waals surface area contributed by atoms with Gasteiger partial charge in [0.25, 0.3) is 5.91 Å². The normalized spacial score (nSPS) is 18.1. The van der Waals surface area contributed by atoms with Crippen molar-refractivity contribution in [3.05, 3.63) is 83.0 Å². The van der Waals surface area contributed by atoms with E-state index < -0.39 is 11.8 Å². The minimum Gasteiger partial charge on any atom is -0.478 e. The van der Waals surface area contributed by atoms with Gasteiger partial charge in [-0.1, -0.05) is 48.6 Å². The molecule has 1 N–H and O–H groups in total. The van der Waals surface area contributed by atoms with Gasteiger partial charge in [-0.2, -0.15) is 0 Å². The third-order valence-corrected chi connectivity index (χ3v) is 4.65. The molecule has 3 rings (SSSR count). The summed E-state index contributed by atoms with van der Waals surface area (Å²) in [6.07, 6.45) is 5.58. The van der Waals surface area contributed by atoms with Gasteiger partial charge in [0.2, 0.25) is 0 Å². The highest BCUT2D eigenvalue weighted by Crippen LogP contribution is 2.50. The number of hydrogen-bond acceptors (Lipinski definition) is 4. The van der Waals surface area contributed by atoms with Gasteiger partial charge in [-0.05, 0) is 26.0 Å². The molecule has 1 unspecified atom stereocenters. The van der Waals surface area contributed by atoms with E-state index in [0.717, 1.165) is 5.57 Å². The number of carboxylic acid groups (broad SMARTS) is 1. The molecule has 0 saturated carbocycles. The minimum atomic E-state index is -1.33. The monoisotopic (exact) mass is 393 g/mol. The summed E-state index contributed by atoms with van der Waals surface area (Å²) < 4.78 is 12.4. The van der Waals surface area contributed by atoms with Gasteiger partial charge in [0, 0.05) is 30.8 Å². The lowest BCUT2D eigenvalue weighted by Crippen LogP contribution is -2.37. The van der Waals surface area contributed by atoms with Gasteiger partial charge in [-0.3, -0.25) is 4.79 Å². The molecule has 0 saturated heterocycles. The zero-order valence-corrected chi connectivity index (χ0v) is 16.8. The number of carboxylic acids is 1. The Morgan fingerprint density at radius 2 is 1.79 bits per heavy atom. The predicted octanol–water partition coefficient (Wildman–Crippen LogP) is 4.23. The molecule has 1 heterocycles. The quantitative estimate of drug-likeness (QED) is 0.769. The van der Waals surface area contributed by atoms with Crippen molar-refractivity contribution in [3.63, 3.8) is 0 Å². The number of fused-ring (bicyclic) bond motifs is 1. The largest absolute Gasteiger partial charge is 0.478 e. The molecule has 2 aromatic rings. The van der Waals surface area contributed by atoms with Crippen LogP contribution in [0.25, 0.3) is 0 Å². The van der Waals surface area contributed by atoms with Crippen LogP contribution in [0.15, 0.2) is 66.3 Å². The SMILES string of the molecule is C/C=C\C=C(/C)C1(c2ccccc2)Oc2cc(C(=O)N(C)C)cc(C(=O)O)c2O1. The highest BCUT2D eigenvalue weighted by Gasteiger charge is 2.47. The Hall–Kier alpha value is -3.54. The van der Waals surface area contributed by atoms with E-state index in [1.165, 1.54) is 17.0 Å². The molecule has 1 aliphatic rings. The molecule has 0 spiro atoms. The maximum Gasteiger partial charge on any atom is 0.339 e. The fraction of sp³-hybridized carbons (Fsp3) is 0.217. The first kappa shape index (κ1) is 20.2. The second kappa shape index (κ2) is 7.83. The van der Waals surface area contributed by atoms with Crippen LogP contribution in [-0.4, -0.2) is 36.0 Å². The molecule has 6 heteroatoms. The number of aromatic carboxylic acids is 1. The van der Waals surface area contributed by atoms with Crippen LogP contribution in [0.1, 0.15) is 40.1 Å². The second-order valence-corrected chi connectivity index (χ2v) is 6.92. The summed E-state index contributed by atoms with van der Waals surface area (Å²) >= 11 is 0. The van der Waals surface area contributed by atoms with Crippen LogP contribution in [0.5, 0.6) is 11.5 Å². The number of carbonyl (C=O) groups excluding carboxylic acids is 1. The van der Waals surface area contributed by atoms with E-state index >= 15 is 0 Å². The van der Waals surface area contributed by atoms with Crippen molar-refractivity contribution in [3.8, 4) is 11.5 Å². The zero-order chi connectivity index (χ0) is 21.2. The summed E-state index contributed by atoms with van der Waals surface area (Å²) in [5.41, 5.74) is 1.54. The molecule has 150 valence electrons. The first-order valence-electron chi connectivity index (χ1n) is 9.16. The molecule has 1 amide bonds. The predicted molar refractivity (Wildman–Crippen MR) is 109 cm³/mol. The Balaban J connectivity index is 2.21. The summed E-state index contributed by atoms with van der Waals surface area (Å²) in [6.45, 7) is 3.75. The molecule has 0 radical (unpaired) electrons. The average Bonchev–Trinajstić information content (AvgIpc) is 3.11. The third kappa shape index (κ3) is 3.61. The smallest absolute Gasteiger partial charge is 0.339 e. The summed E-state index contributed by atoms with van der Waals surface area (Å²) in [6, 6.07) is 12.1. The van der Waals surface area contributed by atoms with Crippen molar-refractivity contribution >= 4 is 11.9 Å². The van der Waals surface area contributed by atoms with Gasteiger partial charge in [0.15, 0.2) is 11.5 Å². The number of allylic oxidation sites excluding steroid dienone is 3. The van der Waals surface area contributed by atoms with Gasteiger partial charge in [-0.25, -0.2) is 4.79 Å². The number of carbonyl (C=O) groups is 2. The number of ether oxygens (including phenoxy) is 2. The van der Waals surface area contributed by atoms with E-state index in [-0.39, 0.29) is 28.5 Å². The van der Waals surface area contributed by atoms with Crippen molar-refractivity contribution in [1.29, 1.82) is 0 Å².